The first-order valence-electron chi connectivity index (χ1n) is 12.4. The number of carbonyl (C=O) groups is 2. The molecule has 206 valence electrons. The number of benzene rings is 4. The van der Waals surface area contributed by atoms with Gasteiger partial charge in [0.15, 0.2) is 29.9 Å². The Balaban J connectivity index is 1.41. The highest BCUT2D eigenvalue weighted by Gasteiger charge is 2.22. The van der Waals surface area contributed by atoms with E-state index in [1.165, 1.54) is 12.1 Å². The maximum absolute atomic E-state index is 13.8. The molecule has 5 rings (SSSR count). The Hall–Kier alpha value is -5.12. The number of amides is 1. The smallest absolute Gasteiger partial charge is 0.338 e. The molecule has 6 nitrogen and oxygen atoms in total. The predicted molar refractivity (Wildman–Crippen MR) is 145 cm³/mol. The van der Waals surface area contributed by atoms with Gasteiger partial charge < -0.3 is 10.1 Å². The number of hydrogen-bond acceptors (Lipinski definition) is 5. The van der Waals surface area contributed by atoms with Gasteiger partial charge in [-0.1, -0.05) is 59.7 Å². The number of hydrogen-bond donors (Lipinski definition) is 1. The van der Waals surface area contributed by atoms with Crippen LogP contribution in [0.15, 0.2) is 72.8 Å². The van der Waals surface area contributed by atoms with Crippen molar-refractivity contribution in [1.82, 2.24) is 9.97 Å². The molecule has 0 radical (unpaired) electrons. The summed E-state index contributed by atoms with van der Waals surface area (Å²) >= 11 is 0. The van der Waals surface area contributed by atoms with Gasteiger partial charge in [-0.3, -0.25) is 4.79 Å². The second kappa shape index (κ2) is 11.2. The Morgan fingerprint density at radius 1 is 0.707 bits per heavy atom. The van der Waals surface area contributed by atoms with Gasteiger partial charge in [0.2, 0.25) is 0 Å². The fraction of sp³-hybridized carbons (Fsp3) is 0.0968. The predicted octanol–water partition coefficient (Wildman–Crippen LogP) is 6.93. The maximum Gasteiger partial charge on any atom is 0.338 e. The van der Waals surface area contributed by atoms with Crippen molar-refractivity contribution in [3.05, 3.63) is 113 Å². The van der Waals surface area contributed by atoms with Gasteiger partial charge in [-0.05, 0) is 32.0 Å². The topological polar surface area (TPSA) is 81.2 Å². The number of carbonyl (C=O) groups excluding carboxylic acids is 2. The van der Waals surface area contributed by atoms with Crippen LogP contribution >= 0.6 is 0 Å². The van der Waals surface area contributed by atoms with Crippen LogP contribution in [-0.4, -0.2) is 28.5 Å². The van der Waals surface area contributed by atoms with Crippen molar-refractivity contribution in [3.8, 4) is 22.5 Å². The lowest BCUT2D eigenvalue weighted by Crippen LogP contribution is -2.22. The normalized spacial score (nSPS) is 11.0. The number of aryl methyl sites for hydroxylation is 2. The molecule has 1 aromatic heterocycles. The van der Waals surface area contributed by atoms with Crippen molar-refractivity contribution in [1.29, 1.82) is 0 Å². The van der Waals surface area contributed by atoms with E-state index in [-0.39, 0.29) is 11.6 Å². The van der Waals surface area contributed by atoms with Crippen molar-refractivity contribution in [2.24, 2.45) is 0 Å². The molecule has 0 aliphatic carbocycles. The van der Waals surface area contributed by atoms with Crippen LogP contribution in [0.5, 0.6) is 0 Å². The second-order valence-corrected chi connectivity index (χ2v) is 9.32. The van der Waals surface area contributed by atoms with Crippen molar-refractivity contribution in [2.75, 3.05) is 11.9 Å². The van der Waals surface area contributed by atoms with Crippen LogP contribution < -0.4 is 5.32 Å². The highest BCUT2D eigenvalue weighted by molar-refractivity contribution is 5.98. The van der Waals surface area contributed by atoms with Crippen LogP contribution in [0.2, 0.25) is 0 Å². The van der Waals surface area contributed by atoms with Gasteiger partial charge in [-0.15, -0.1) is 0 Å². The van der Waals surface area contributed by atoms with Gasteiger partial charge >= 0.3 is 5.97 Å². The van der Waals surface area contributed by atoms with Gasteiger partial charge in [0.05, 0.1) is 28.0 Å². The molecule has 5 aromatic rings. The first kappa shape index (κ1) is 27.4. The molecule has 41 heavy (non-hydrogen) atoms. The third-order valence-electron chi connectivity index (χ3n) is 6.26. The highest BCUT2D eigenvalue weighted by Crippen LogP contribution is 2.32. The zero-order valence-electron chi connectivity index (χ0n) is 21.8. The molecule has 0 spiro atoms. The molecule has 4 aromatic carbocycles. The van der Waals surface area contributed by atoms with Gasteiger partial charge in [0.1, 0.15) is 5.69 Å². The fourth-order valence-electron chi connectivity index (χ4n) is 4.08. The summed E-state index contributed by atoms with van der Waals surface area (Å²) in [5, 5.41) is 1.68. The van der Waals surface area contributed by atoms with Crippen molar-refractivity contribution >= 4 is 28.6 Å². The number of nitrogens with one attached hydrogen (secondary N) is 1. The Labute approximate surface area is 231 Å². The molecule has 0 atom stereocenters. The molecule has 0 aliphatic rings. The monoisotopic (exact) mass is 559 g/mol. The number of aromatic nitrogens is 2. The van der Waals surface area contributed by atoms with Crippen LogP contribution in [0, 0.1) is 37.1 Å². The Morgan fingerprint density at radius 2 is 1.22 bits per heavy atom. The van der Waals surface area contributed by atoms with Crippen LogP contribution in [0.25, 0.3) is 33.5 Å². The molecular formula is C31H21F4N3O3. The summed E-state index contributed by atoms with van der Waals surface area (Å²) in [6, 6.07) is 20.1. The van der Waals surface area contributed by atoms with Crippen molar-refractivity contribution < 1.29 is 31.9 Å². The second-order valence-electron chi connectivity index (χ2n) is 9.32. The first-order valence-corrected chi connectivity index (χ1v) is 12.4. The van der Waals surface area contributed by atoms with E-state index in [1.54, 1.807) is 11.4 Å². The largest absolute Gasteiger partial charge is 0.452 e. The molecule has 0 unspecified atom stereocenters. The summed E-state index contributed by atoms with van der Waals surface area (Å²) in [5.74, 6) is -9.09. The Bertz CT molecular complexity index is 1780. The summed E-state index contributed by atoms with van der Waals surface area (Å²) in [6.07, 6.45) is 0. The number of halogens is 4. The van der Waals surface area contributed by atoms with E-state index in [0.29, 0.717) is 22.4 Å². The van der Waals surface area contributed by atoms with Crippen LogP contribution in [-0.2, 0) is 9.53 Å². The number of anilines is 1. The van der Waals surface area contributed by atoms with Crippen LogP contribution in [0.1, 0.15) is 21.5 Å². The molecule has 0 aliphatic heterocycles. The van der Waals surface area contributed by atoms with Crippen LogP contribution in [0.3, 0.4) is 0 Å². The summed E-state index contributed by atoms with van der Waals surface area (Å²) in [7, 11) is 0. The minimum Gasteiger partial charge on any atom is -0.452 e. The van der Waals surface area contributed by atoms with E-state index in [0.717, 1.165) is 22.3 Å². The van der Waals surface area contributed by atoms with E-state index in [9.17, 15) is 27.2 Å². The maximum atomic E-state index is 13.8. The van der Waals surface area contributed by atoms with Gasteiger partial charge in [0.25, 0.3) is 5.91 Å². The molecule has 0 bridgehead atoms. The van der Waals surface area contributed by atoms with E-state index in [4.69, 9.17) is 14.7 Å². The lowest BCUT2D eigenvalue weighted by molar-refractivity contribution is -0.119. The van der Waals surface area contributed by atoms with Crippen LogP contribution in [0.4, 0.5) is 23.2 Å². The van der Waals surface area contributed by atoms with E-state index < -0.39 is 47.4 Å². The summed E-state index contributed by atoms with van der Waals surface area (Å²) < 4.78 is 59.4. The third kappa shape index (κ3) is 5.76. The number of ether oxygens (including phenoxy) is 1. The first-order chi connectivity index (χ1) is 19.6. The molecule has 0 saturated carbocycles. The lowest BCUT2D eigenvalue weighted by atomic mass is 10.0. The minimum absolute atomic E-state index is 0.0109. The third-order valence-corrected chi connectivity index (χ3v) is 6.26. The molecule has 1 heterocycles. The average molecular weight is 560 g/mol. The molecule has 0 fully saturated rings. The number of rotatable bonds is 6. The zero-order valence-corrected chi connectivity index (χ0v) is 21.8. The zero-order chi connectivity index (χ0) is 29.3. The molecule has 0 saturated heterocycles. The number of fused-ring (bicyclic) bond motifs is 1. The SMILES string of the molecule is Cc1ccc(-c2nc3ccc(C(=O)OCC(=O)Nc4c(F)c(F)cc(F)c4F)cc3nc2-c2ccc(C)cc2)cc1. The average Bonchev–Trinajstić information content (AvgIpc) is 2.97. The number of nitrogens with zero attached hydrogens (tertiary/aromatic N) is 2. The number of esters is 1. The highest BCUT2D eigenvalue weighted by atomic mass is 19.2. The minimum atomic E-state index is -1.79. The molecule has 1 amide bonds. The van der Waals surface area contributed by atoms with E-state index >= 15 is 0 Å². The summed E-state index contributed by atoms with van der Waals surface area (Å²) in [6.45, 7) is 2.98. The molecular weight excluding hydrogens is 538 g/mol. The molecule has 10 heteroatoms. The molecule has 1 N–H and O–H groups in total. The van der Waals surface area contributed by atoms with E-state index in [2.05, 4.69) is 0 Å². The van der Waals surface area contributed by atoms with Gasteiger partial charge in [-0.25, -0.2) is 32.3 Å². The Kier molecular flexibility index (Phi) is 7.47. The van der Waals surface area contributed by atoms with Crippen molar-refractivity contribution in [3.63, 3.8) is 0 Å². The van der Waals surface area contributed by atoms with E-state index in [1.807, 2.05) is 62.4 Å². The van der Waals surface area contributed by atoms with Crippen molar-refractivity contribution in [2.45, 2.75) is 13.8 Å². The van der Waals surface area contributed by atoms with Gasteiger partial charge in [-0.2, -0.15) is 0 Å². The Morgan fingerprint density at radius 3 is 1.76 bits per heavy atom. The fourth-order valence-corrected chi connectivity index (χ4v) is 4.08. The summed E-state index contributed by atoms with van der Waals surface area (Å²) in [5.41, 5.74) is 4.69. The summed E-state index contributed by atoms with van der Waals surface area (Å²) in [4.78, 5) is 34.4. The van der Waals surface area contributed by atoms with Gasteiger partial charge in [0, 0.05) is 17.2 Å². The quantitative estimate of drug-likeness (QED) is 0.139. The standard InChI is InChI=1S/C31H21F4N3O3/c1-16-3-7-18(8-4-16)28-29(19-9-5-17(2)6-10-19)37-24-13-20(11-12-23(24)36-28)31(40)41-15-25(39)38-30-26(34)21(32)14-22(33)27(30)35/h3-14H,15H2,1-2H3,(H,38,39). The lowest BCUT2D eigenvalue weighted by Gasteiger charge is -2.12.